The van der Waals surface area contributed by atoms with Crippen LogP contribution >= 0.6 is 11.6 Å². The van der Waals surface area contributed by atoms with Gasteiger partial charge in [0.2, 0.25) is 11.8 Å². The third-order valence-corrected chi connectivity index (χ3v) is 5.65. The second-order valence-corrected chi connectivity index (χ2v) is 8.41. The Hall–Kier alpha value is -3.19. The molecule has 1 aromatic carbocycles. The largest absolute Gasteiger partial charge is 0.456 e. The molecule has 1 aliphatic heterocycles. The van der Waals surface area contributed by atoms with Crippen LogP contribution in [0.5, 0.6) is 0 Å². The lowest BCUT2D eigenvalue weighted by molar-refractivity contribution is -0.152. The zero-order valence-corrected chi connectivity index (χ0v) is 19.3. The number of allylic oxidation sites excluding steroid dienone is 2. The molecule has 0 saturated heterocycles. The highest BCUT2D eigenvalue weighted by Crippen LogP contribution is 2.22. The van der Waals surface area contributed by atoms with Crippen molar-refractivity contribution in [3.8, 4) is 0 Å². The van der Waals surface area contributed by atoms with Crippen LogP contribution in [0.25, 0.3) is 0 Å². The number of ether oxygens (including phenoxy) is 1. The molecule has 2 heterocycles. The summed E-state index contributed by atoms with van der Waals surface area (Å²) < 4.78 is 5.68. The second-order valence-electron chi connectivity index (χ2n) is 8.02. The molecule has 1 N–H and O–H groups in total. The molecule has 1 aromatic heterocycles. The zero-order chi connectivity index (χ0) is 23.6. The van der Waals surface area contributed by atoms with E-state index in [1.165, 1.54) is 0 Å². The van der Waals surface area contributed by atoms with Gasteiger partial charge in [0, 0.05) is 32.6 Å². The second kappa shape index (κ2) is 12.2. The molecule has 0 aliphatic carbocycles. The summed E-state index contributed by atoms with van der Waals surface area (Å²) in [6, 6.07) is 12.8. The molecule has 0 saturated carbocycles. The molecule has 174 valence electrons. The van der Waals surface area contributed by atoms with E-state index in [9.17, 15) is 14.4 Å². The van der Waals surface area contributed by atoms with Crippen LogP contribution in [-0.2, 0) is 25.7 Å². The van der Waals surface area contributed by atoms with Crippen LogP contribution in [-0.4, -0.2) is 41.3 Å². The Morgan fingerprint density at radius 3 is 2.70 bits per heavy atom. The number of cyclic esters (lactones) is 1. The van der Waals surface area contributed by atoms with E-state index in [0.29, 0.717) is 24.5 Å². The van der Waals surface area contributed by atoms with E-state index in [1.54, 1.807) is 30.3 Å². The molecular weight excluding hydrogens is 442 g/mol. The Labute approximate surface area is 198 Å². The highest BCUT2D eigenvalue weighted by atomic mass is 35.5. The highest BCUT2D eigenvalue weighted by Gasteiger charge is 2.27. The van der Waals surface area contributed by atoms with Crippen molar-refractivity contribution in [2.45, 2.75) is 38.3 Å². The number of amides is 2. The number of benzene rings is 1. The summed E-state index contributed by atoms with van der Waals surface area (Å²) in [6.45, 7) is 0.522. The Bertz CT molecular complexity index is 979. The van der Waals surface area contributed by atoms with Gasteiger partial charge >= 0.3 is 5.97 Å². The fraction of sp³-hybridized carbons (Fsp3) is 0.360. The fourth-order valence-corrected chi connectivity index (χ4v) is 3.72. The summed E-state index contributed by atoms with van der Waals surface area (Å²) in [4.78, 5) is 43.6. The summed E-state index contributed by atoms with van der Waals surface area (Å²) >= 11 is 5.79. The Morgan fingerprint density at radius 2 is 1.97 bits per heavy atom. The van der Waals surface area contributed by atoms with Crippen LogP contribution in [0.1, 0.15) is 42.9 Å². The SMILES string of the molecule is CN1C[C@@H](c2ccccc2)OC(=O)CC/C=C/C[C@@H](CC(=O)NCc2ccc(Cl)nc2)C1=O. The van der Waals surface area contributed by atoms with Crippen LogP contribution in [0.2, 0.25) is 5.15 Å². The van der Waals surface area contributed by atoms with E-state index < -0.39 is 12.0 Å². The monoisotopic (exact) mass is 469 g/mol. The van der Waals surface area contributed by atoms with Crippen LogP contribution in [0.15, 0.2) is 60.8 Å². The minimum Gasteiger partial charge on any atom is -0.456 e. The molecule has 8 heteroatoms. The van der Waals surface area contributed by atoms with Gasteiger partial charge in [-0.15, -0.1) is 0 Å². The van der Waals surface area contributed by atoms with Crippen molar-refractivity contribution in [3.63, 3.8) is 0 Å². The van der Waals surface area contributed by atoms with Gasteiger partial charge in [0.05, 0.1) is 12.5 Å². The lowest BCUT2D eigenvalue weighted by atomic mass is 9.97. The summed E-state index contributed by atoms with van der Waals surface area (Å²) in [5.74, 6) is -1.20. The Kier molecular flexibility index (Phi) is 9.01. The molecule has 2 atom stereocenters. The maximum atomic E-state index is 13.2. The number of hydrogen-bond acceptors (Lipinski definition) is 5. The standard InChI is InChI=1S/C25H28ClN3O4/c1-29-17-21(19-8-4-2-5-9-19)33-24(31)11-7-3-6-10-20(25(29)32)14-23(30)28-16-18-12-13-22(26)27-15-18/h2-6,8-9,12-13,15,20-21H,7,10-11,14,16-17H2,1H3,(H,28,30)/b6-3+/t20-,21-/m0/s1. The lowest BCUT2D eigenvalue weighted by Gasteiger charge is -2.28. The van der Waals surface area contributed by atoms with Gasteiger partial charge in [-0.3, -0.25) is 14.4 Å². The number of likely N-dealkylation sites (N-methyl/N-ethyl adjacent to an activating group) is 1. The third-order valence-electron chi connectivity index (χ3n) is 5.42. The van der Waals surface area contributed by atoms with Gasteiger partial charge in [0.25, 0.3) is 0 Å². The van der Waals surface area contributed by atoms with Crippen molar-refractivity contribution < 1.29 is 19.1 Å². The first-order valence-electron chi connectivity index (χ1n) is 10.9. The number of nitrogens with one attached hydrogen (secondary N) is 1. The first kappa shape index (κ1) is 24.5. The number of carbonyl (C=O) groups is 3. The van der Waals surface area contributed by atoms with Gasteiger partial charge in [-0.1, -0.05) is 60.2 Å². The van der Waals surface area contributed by atoms with Crippen molar-refractivity contribution >= 4 is 29.4 Å². The molecule has 1 aliphatic rings. The number of nitrogens with zero attached hydrogens (tertiary/aromatic N) is 2. The number of esters is 1. The predicted octanol–water partition coefficient (Wildman–Crippen LogP) is 3.84. The summed E-state index contributed by atoms with van der Waals surface area (Å²) in [5.41, 5.74) is 1.64. The molecule has 7 nitrogen and oxygen atoms in total. The molecular formula is C25H28ClN3O4. The van der Waals surface area contributed by atoms with E-state index in [-0.39, 0.29) is 37.2 Å². The van der Waals surface area contributed by atoms with E-state index in [2.05, 4.69) is 10.3 Å². The Balaban J connectivity index is 1.68. The highest BCUT2D eigenvalue weighted by molar-refractivity contribution is 6.29. The smallest absolute Gasteiger partial charge is 0.306 e. The van der Waals surface area contributed by atoms with Crippen LogP contribution in [0.3, 0.4) is 0 Å². The molecule has 3 rings (SSSR count). The van der Waals surface area contributed by atoms with Gasteiger partial charge in [0.15, 0.2) is 0 Å². The van der Waals surface area contributed by atoms with Crippen LogP contribution in [0, 0.1) is 5.92 Å². The summed E-state index contributed by atoms with van der Waals surface area (Å²) in [6.07, 6.45) is 6.02. The number of halogens is 1. The van der Waals surface area contributed by atoms with Gasteiger partial charge < -0.3 is 15.0 Å². The van der Waals surface area contributed by atoms with Crippen molar-refractivity contribution in [1.82, 2.24) is 15.2 Å². The number of rotatable bonds is 5. The number of hydrogen-bond donors (Lipinski definition) is 1. The molecule has 0 unspecified atom stereocenters. The van der Waals surface area contributed by atoms with E-state index in [4.69, 9.17) is 16.3 Å². The molecule has 2 aromatic rings. The summed E-state index contributed by atoms with van der Waals surface area (Å²) in [5, 5.41) is 3.23. The predicted molar refractivity (Wildman–Crippen MR) is 125 cm³/mol. The number of aromatic nitrogens is 1. The molecule has 0 radical (unpaired) electrons. The van der Waals surface area contributed by atoms with E-state index in [1.807, 2.05) is 42.5 Å². The molecule has 0 spiro atoms. The quantitative estimate of drug-likeness (QED) is 0.408. The van der Waals surface area contributed by atoms with Crippen molar-refractivity contribution in [2.24, 2.45) is 5.92 Å². The maximum Gasteiger partial charge on any atom is 0.306 e. The molecule has 2 amide bonds. The average molecular weight is 470 g/mol. The van der Waals surface area contributed by atoms with E-state index >= 15 is 0 Å². The lowest BCUT2D eigenvalue weighted by Crippen LogP contribution is -2.39. The molecule has 33 heavy (non-hydrogen) atoms. The minimum atomic E-state index is -0.567. The maximum absolute atomic E-state index is 13.2. The zero-order valence-electron chi connectivity index (χ0n) is 18.6. The summed E-state index contributed by atoms with van der Waals surface area (Å²) in [7, 11) is 1.67. The minimum absolute atomic E-state index is 0.0598. The number of carbonyl (C=O) groups excluding carboxylic acids is 3. The molecule has 0 bridgehead atoms. The number of pyridine rings is 1. The van der Waals surface area contributed by atoms with Crippen molar-refractivity contribution in [3.05, 3.63) is 77.1 Å². The topological polar surface area (TPSA) is 88.6 Å². The van der Waals surface area contributed by atoms with Gasteiger partial charge in [-0.2, -0.15) is 0 Å². The first-order valence-corrected chi connectivity index (χ1v) is 11.3. The van der Waals surface area contributed by atoms with E-state index in [0.717, 1.165) is 11.1 Å². The van der Waals surface area contributed by atoms with Crippen LogP contribution in [0.4, 0.5) is 0 Å². The van der Waals surface area contributed by atoms with Gasteiger partial charge in [-0.05, 0) is 30.0 Å². The van der Waals surface area contributed by atoms with Crippen LogP contribution < -0.4 is 5.32 Å². The fourth-order valence-electron chi connectivity index (χ4n) is 3.60. The van der Waals surface area contributed by atoms with Gasteiger partial charge in [0.1, 0.15) is 11.3 Å². The van der Waals surface area contributed by atoms with Crippen molar-refractivity contribution in [1.29, 1.82) is 0 Å². The first-order chi connectivity index (χ1) is 15.9. The average Bonchev–Trinajstić information content (AvgIpc) is 2.81. The Morgan fingerprint density at radius 1 is 1.18 bits per heavy atom. The van der Waals surface area contributed by atoms with Crippen molar-refractivity contribution in [2.75, 3.05) is 13.6 Å². The molecule has 0 fully saturated rings. The van der Waals surface area contributed by atoms with Gasteiger partial charge in [-0.25, -0.2) is 4.98 Å². The normalized spacial score (nSPS) is 20.8. The third kappa shape index (κ3) is 7.71.